The molecule has 1 heterocycles. The van der Waals surface area contributed by atoms with Crippen LogP contribution < -0.4 is 5.32 Å². The van der Waals surface area contributed by atoms with Crippen molar-refractivity contribution in [2.45, 2.75) is 19.8 Å². The molecule has 0 spiro atoms. The summed E-state index contributed by atoms with van der Waals surface area (Å²) in [7, 11) is 0. The van der Waals surface area contributed by atoms with Crippen LogP contribution in [0.5, 0.6) is 0 Å². The lowest BCUT2D eigenvalue weighted by Crippen LogP contribution is -2.39. The maximum absolute atomic E-state index is 12.4. The molecule has 2 aliphatic rings. The number of nitrogens with one attached hydrogen (secondary N) is 1. The van der Waals surface area contributed by atoms with E-state index in [1.165, 1.54) is 0 Å². The Hall–Kier alpha value is -1.75. The fourth-order valence-electron chi connectivity index (χ4n) is 3.01. The van der Waals surface area contributed by atoms with E-state index in [1.54, 1.807) is 23.1 Å². The van der Waals surface area contributed by atoms with Gasteiger partial charge in [0.15, 0.2) is 0 Å². The van der Waals surface area contributed by atoms with E-state index in [-0.39, 0.29) is 17.9 Å². The number of benzene rings is 1. The number of rotatable bonds is 2. The molecule has 0 bridgehead atoms. The highest BCUT2D eigenvalue weighted by Gasteiger charge is 2.41. The zero-order valence-electron chi connectivity index (χ0n) is 13.3. The molecule has 23 heavy (non-hydrogen) atoms. The summed E-state index contributed by atoms with van der Waals surface area (Å²) < 4.78 is 0. The Morgan fingerprint density at radius 1 is 1.17 bits per heavy atom. The molecular weight excluding hydrogens is 314 g/mol. The van der Waals surface area contributed by atoms with Crippen LogP contribution in [0.3, 0.4) is 0 Å². The summed E-state index contributed by atoms with van der Waals surface area (Å²) in [6.45, 7) is 4.70. The van der Waals surface area contributed by atoms with Gasteiger partial charge in [-0.25, -0.2) is 4.79 Å². The van der Waals surface area contributed by atoms with E-state index in [9.17, 15) is 9.59 Å². The summed E-state index contributed by atoms with van der Waals surface area (Å²) in [6.07, 6.45) is 1.82. The summed E-state index contributed by atoms with van der Waals surface area (Å²) in [4.78, 5) is 28.4. The second kappa shape index (κ2) is 6.79. The number of amides is 3. The summed E-state index contributed by atoms with van der Waals surface area (Å²) in [5.41, 5.74) is 0.687. The van der Waals surface area contributed by atoms with Crippen LogP contribution >= 0.6 is 11.6 Å². The lowest BCUT2D eigenvalue weighted by atomic mass is 10.3. The van der Waals surface area contributed by atoms with Gasteiger partial charge in [0.05, 0.1) is 0 Å². The lowest BCUT2D eigenvalue weighted by molar-refractivity contribution is -0.132. The van der Waals surface area contributed by atoms with Crippen molar-refractivity contribution in [3.63, 3.8) is 0 Å². The summed E-state index contributed by atoms with van der Waals surface area (Å²) in [5.74, 6) is 0.990. The zero-order chi connectivity index (χ0) is 16.4. The summed E-state index contributed by atoms with van der Waals surface area (Å²) >= 11 is 5.93. The smallest absolute Gasteiger partial charge is 0.321 e. The van der Waals surface area contributed by atoms with Gasteiger partial charge >= 0.3 is 6.03 Å². The van der Waals surface area contributed by atoms with Crippen LogP contribution in [0, 0.1) is 11.8 Å². The number of carbonyl (C=O) groups excluding carboxylic acids is 2. The van der Waals surface area contributed by atoms with Gasteiger partial charge in [-0.05, 0) is 37.0 Å². The maximum atomic E-state index is 12.4. The van der Waals surface area contributed by atoms with Crippen LogP contribution in [-0.4, -0.2) is 47.9 Å². The molecule has 2 fully saturated rings. The third-order valence-corrected chi connectivity index (χ3v) is 4.83. The van der Waals surface area contributed by atoms with Gasteiger partial charge in [-0.2, -0.15) is 0 Å². The molecule has 3 rings (SSSR count). The number of urea groups is 1. The van der Waals surface area contributed by atoms with Crippen LogP contribution in [0.25, 0.3) is 0 Å². The number of halogens is 1. The first-order valence-electron chi connectivity index (χ1n) is 8.15. The lowest BCUT2D eigenvalue weighted by Gasteiger charge is -2.22. The number of hydrogen-bond donors (Lipinski definition) is 1. The van der Waals surface area contributed by atoms with Crippen LogP contribution in [-0.2, 0) is 4.79 Å². The van der Waals surface area contributed by atoms with Crippen LogP contribution in [0.1, 0.15) is 19.8 Å². The van der Waals surface area contributed by atoms with E-state index in [4.69, 9.17) is 11.6 Å². The van der Waals surface area contributed by atoms with Crippen molar-refractivity contribution in [3.05, 3.63) is 29.3 Å². The number of hydrogen-bond acceptors (Lipinski definition) is 2. The van der Waals surface area contributed by atoms with Crippen LogP contribution in [0.2, 0.25) is 5.02 Å². The van der Waals surface area contributed by atoms with Gasteiger partial charge in [-0.1, -0.05) is 24.6 Å². The van der Waals surface area contributed by atoms with Gasteiger partial charge in [-0.15, -0.1) is 0 Å². The average molecular weight is 336 g/mol. The minimum Gasteiger partial charge on any atom is -0.341 e. The molecule has 6 heteroatoms. The number of carbonyl (C=O) groups is 2. The molecule has 1 N–H and O–H groups in total. The topological polar surface area (TPSA) is 52.7 Å². The molecule has 124 valence electrons. The second-order valence-corrected chi connectivity index (χ2v) is 6.86. The van der Waals surface area contributed by atoms with E-state index in [2.05, 4.69) is 12.2 Å². The molecule has 3 amide bonds. The van der Waals surface area contributed by atoms with Gasteiger partial charge in [0, 0.05) is 42.8 Å². The fourth-order valence-corrected chi connectivity index (χ4v) is 3.20. The van der Waals surface area contributed by atoms with Crippen molar-refractivity contribution in [3.8, 4) is 0 Å². The molecule has 0 aromatic heterocycles. The van der Waals surface area contributed by atoms with Crippen molar-refractivity contribution in [1.29, 1.82) is 0 Å². The third-order valence-electron chi connectivity index (χ3n) is 4.60. The minimum absolute atomic E-state index is 0.138. The molecular formula is C17H22ClN3O2. The van der Waals surface area contributed by atoms with Crippen molar-refractivity contribution >= 4 is 29.2 Å². The molecule has 1 aromatic carbocycles. The van der Waals surface area contributed by atoms with Gasteiger partial charge in [0.2, 0.25) is 5.91 Å². The molecule has 5 nitrogen and oxygen atoms in total. The monoisotopic (exact) mass is 335 g/mol. The first kappa shape index (κ1) is 16.1. The van der Waals surface area contributed by atoms with Crippen LogP contribution in [0.15, 0.2) is 24.3 Å². The Bertz CT molecular complexity index is 607. The van der Waals surface area contributed by atoms with E-state index < -0.39 is 0 Å². The van der Waals surface area contributed by atoms with Crippen molar-refractivity contribution in [1.82, 2.24) is 9.80 Å². The molecule has 1 saturated carbocycles. The average Bonchev–Trinajstić information content (AvgIpc) is 3.28. The van der Waals surface area contributed by atoms with Gasteiger partial charge < -0.3 is 15.1 Å². The molecule has 1 aliphatic carbocycles. The molecule has 1 aromatic rings. The summed E-state index contributed by atoms with van der Waals surface area (Å²) in [6, 6.07) is 6.97. The Morgan fingerprint density at radius 2 is 1.87 bits per heavy atom. The Balaban J connectivity index is 1.55. The van der Waals surface area contributed by atoms with Gasteiger partial charge in [0.25, 0.3) is 0 Å². The second-order valence-electron chi connectivity index (χ2n) is 6.43. The van der Waals surface area contributed by atoms with Crippen molar-refractivity contribution in [2.75, 3.05) is 31.5 Å². The van der Waals surface area contributed by atoms with Gasteiger partial charge in [0.1, 0.15) is 0 Å². The van der Waals surface area contributed by atoms with E-state index in [0.717, 1.165) is 19.4 Å². The Morgan fingerprint density at radius 3 is 2.57 bits per heavy atom. The first-order valence-corrected chi connectivity index (χ1v) is 8.52. The fraction of sp³-hybridized carbons (Fsp3) is 0.529. The Labute approximate surface area is 141 Å². The predicted octanol–water partition coefficient (Wildman–Crippen LogP) is 3.06. The number of anilines is 1. The highest BCUT2D eigenvalue weighted by Crippen LogP contribution is 2.39. The largest absolute Gasteiger partial charge is 0.341 e. The SMILES string of the molecule is CC1CC1C(=O)N1CCCN(C(=O)Nc2cccc(Cl)c2)CC1. The molecule has 1 aliphatic heterocycles. The number of nitrogens with zero attached hydrogens (tertiary/aromatic N) is 2. The Kier molecular flexibility index (Phi) is 4.76. The van der Waals surface area contributed by atoms with E-state index in [0.29, 0.717) is 36.3 Å². The van der Waals surface area contributed by atoms with Gasteiger partial charge in [-0.3, -0.25) is 4.79 Å². The molecule has 2 unspecified atom stereocenters. The summed E-state index contributed by atoms with van der Waals surface area (Å²) in [5, 5.41) is 3.46. The molecule has 2 atom stereocenters. The minimum atomic E-state index is -0.138. The highest BCUT2D eigenvalue weighted by molar-refractivity contribution is 6.30. The van der Waals surface area contributed by atoms with Crippen molar-refractivity contribution < 1.29 is 9.59 Å². The van der Waals surface area contributed by atoms with Crippen LogP contribution in [0.4, 0.5) is 10.5 Å². The standard InChI is InChI=1S/C17H22ClN3O2/c1-12-10-15(12)16(22)20-6-3-7-21(9-8-20)17(23)19-14-5-2-4-13(18)11-14/h2,4-5,11-12,15H,3,6-10H2,1H3,(H,19,23). The zero-order valence-corrected chi connectivity index (χ0v) is 14.1. The predicted molar refractivity (Wildman–Crippen MR) is 90.5 cm³/mol. The van der Waals surface area contributed by atoms with E-state index >= 15 is 0 Å². The first-order chi connectivity index (χ1) is 11.0. The quantitative estimate of drug-likeness (QED) is 0.903. The van der Waals surface area contributed by atoms with E-state index in [1.807, 2.05) is 11.0 Å². The highest BCUT2D eigenvalue weighted by atomic mass is 35.5. The van der Waals surface area contributed by atoms with Crippen molar-refractivity contribution in [2.24, 2.45) is 11.8 Å². The molecule has 0 radical (unpaired) electrons. The maximum Gasteiger partial charge on any atom is 0.321 e. The molecule has 1 saturated heterocycles. The normalized spacial score (nSPS) is 24.1. The third kappa shape index (κ3) is 3.96.